The molecular weight excluding hydrogens is 330 g/mol. The van der Waals surface area contributed by atoms with Crippen LogP contribution in [0.4, 0.5) is 5.69 Å². The molecular formula is C20H21N3O3. The van der Waals surface area contributed by atoms with Gasteiger partial charge in [0.05, 0.1) is 18.0 Å². The molecule has 0 aliphatic rings. The topological polar surface area (TPSA) is 73.3 Å². The van der Waals surface area contributed by atoms with E-state index in [9.17, 15) is 4.79 Å². The van der Waals surface area contributed by atoms with Crippen LogP contribution in [0.15, 0.2) is 36.4 Å². The maximum atomic E-state index is 12.2. The second-order valence-electron chi connectivity index (χ2n) is 6.17. The smallest absolute Gasteiger partial charge is 0.262 e. The zero-order chi connectivity index (χ0) is 18.7. The van der Waals surface area contributed by atoms with E-state index in [1.54, 1.807) is 20.1 Å². The Morgan fingerprint density at radius 2 is 1.77 bits per heavy atom. The minimum atomic E-state index is -0.248. The number of methoxy groups -OCH3 is 1. The summed E-state index contributed by atoms with van der Waals surface area (Å²) in [6.45, 7) is 5.62. The summed E-state index contributed by atoms with van der Waals surface area (Å²) in [5, 5.41) is 3.55. The molecule has 1 aromatic heterocycles. The Labute approximate surface area is 152 Å². The summed E-state index contributed by atoms with van der Waals surface area (Å²) in [5.74, 6) is 1.37. The number of nitrogens with one attached hydrogen (secondary N) is 1. The first-order valence-electron chi connectivity index (χ1n) is 8.28. The second-order valence-corrected chi connectivity index (χ2v) is 6.17. The number of nitrogens with zero attached hydrogens (tertiary/aromatic N) is 2. The van der Waals surface area contributed by atoms with Crippen LogP contribution in [0, 0.1) is 20.8 Å². The normalized spacial score (nSPS) is 10.6. The fraction of sp³-hybridized carbons (Fsp3) is 0.250. The summed E-state index contributed by atoms with van der Waals surface area (Å²) < 4.78 is 10.9. The molecule has 0 aliphatic heterocycles. The number of rotatable bonds is 5. The van der Waals surface area contributed by atoms with E-state index in [0.29, 0.717) is 22.8 Å². The lowest BCUT2D eigenvalue weighted by Gasteiger charge is -2.11. The van der Waals surface area contributed by atoms with E-state index in [-0.39, 0.29) is 12.5 Å². The fourth-order valence-electron chi connectivity index (χ4n) is 2.81. The summed E-state index contributed by atoms with van der Waals surface area (Å²) in [5.41, 5.74) is 3.67. The van der Waals surface area contributed by atoms with Crippen molar-refractivity contribution in [1.82, 2.24) is 9.97 Å². The highest BCUT2D eigenvalue weighted by molar-refractivity contribution is 5.92. The van der Waals surface area contributed by atoms with Crippen molar-refractivity contribution in [3.05, 3.63) is 53.3 Å². The van der Waals surface area contributed by atoms with Gasteiger partial charge in [-0.25, -0.2) is 4.98 Å². The van der Waals surface area contributed by atoms with E-state index in [1.165, 1.54) is 0 Å². The minimum Gasteiger partial charge on any atom is -0.497 e. The molecule has 1 N–H and O–H groups in total. The van der Waals surface area contributed by atoms with Crippen molar-refractivity contribution in [3.8, 4) is 11.6 Å². The van der Waals surface area contributed by atoms with Gasteiger partial charge in [0.2, 0.25) is 5.88 Å². The first-order chi connectivity index (χ1) is 12.4. The molecule has 3 aromatic rings. The first kappa shape index (κ1) is 17.7. The van der Waals surface area contributed by atoms with E-state index in [1.807, 2.05) is 38.1 Å². The molecule has 0 aliphatic carbocycles. The van der Waals surface area contributed by atoms with Gasteiger partial charge >= 0.3 is 0 Å². The van der Waals surface area contributed by atoms with Crippen LogP contribution in [-0.2, 0) is 4.79 Å². The number of hydrogen-bond acceptors (Lipinski definition) is 5. The number of amides is 1. The number of aromatic nitrogens is 2. The molecule has 6 nitrogen and oxygen atoms in total. The van der Waals surface area contributed by atoms with Gasteiger partial charge in [-0.2, -0.15) is 4.98 Å². The average Bonchev–Trinajstić information content (AvgIpc) is 2.58. The van der Waals surface area contributed by atoms with Gasteiger partial charge in [0.25, 0.3) is 5.91 Å². The van der Waals surface area contributed by atoms with Crippen LogP contribution in [0.2, 0.25) is 0 Å². The minimum absolute atomic E-state index is 0.143. The molecule has 0 unspecified atom stereocenters. The third-order valence-corrected chi connectivity index (χ3v) is 3.83. The summed E-state index contributed by atoms with van der Waals surface area (Å²) in [6.07, 6.45) is 0. The summed E-state index contributed by atoms with van der Waals surface area (Å²) in [6, 6.07) is 11.3. The van der Waals surface area contributed by atoms with Crippen LogP contribution in [0.5, 0.6) is 11.6 Å². The van der Waals surface area contributed by atoms with Crippen molar-refractivity contribution in [2.75, 3.05) is 19.0 Å². The Morgan fingerprint density at radius 1 is 1.04 bits per heavy atom. The monoisotopic (exact) mass is 351 g/mol. The molecule has 0 fully saturated rings. The van der Waals surface area contributed by atoms with Crippen LogP contribution < -0.4 is 14.8 Å². The second kappa shape index (κ2) is 7.39. The highest BCUT2D eigenvalue weighted by Gasteiger charge is 2.11. The Hall–Kier alpha value is -3.15. The predicted molar refractivity (Wildman–Crippen MR) is 101 cm³/mol. The molecule has 2 aromatic carbocycles. The van der Waals surface area contributed by atoms with Crippen molar-refractivity contribution in [3.63, 3.8) is 0 Å². The molecule has 0 saturated heterocycles. The summed E-state index contributed by atoms with van der Waals surface area (Å²) in [4.78, 5) is 20.9. The standard InChI is InChI=1S/C20H21N3O3/c1-12-7-13(2)9-15(8-12)23-19(24)11-26-20-17-10-16(25-4)5-6-18(17)21-14(3)22-20/h5-10H,11H2,1-4H3,(H,23,24). The van der Waals surface area contributed by atoms with E-state index in [0.717, 1.165) is 22.3 Å². The maximum absolute atomic E-state index is 12.2. The number of hydrogen-bond donors (Lipinski definition) is 1. The molecule has 6 heteroatoms. The molecule has 134 valence electrons. The summed E-state index contributed by atoms with van der Waals surface area (Å²) >= 11 is 0. The molecule has 0 radical (unpaired) electrons. The van der Waals surface area contributed by atoms with Gasteiger partial charge in [-0.05, 0) is 62.2 Å². The van der Waals surface area contributed by atoms with E-state index < -0.39 is 0 Å². The molecule has 3 rings (SSSR count). The number of anilines is 1. The van der Waals surface area contributed by atoms with Gasteiger partial charge in [-0.3, -0.25) is 4.79 Å². The molecule has 0 saturated carbocycles. The molecule has 0 bridgehead atoms. The third-order valence-electron chi connectivity index (χ3n) is 3.83. The highest BCUT2D eigenvalue weighted by atomic mass is 16.5. The Kier molecular flexibility index (Phi) is 5.02. The number of fused-ring (bicyclic) bond motifs is 1. The number of carbonyl (C=O) groups is 1. The molecule has 1 amide bonds. The Balaban J connectivity index is 1.77. The van der Waals surface area contributed by atoms with Gasteiger partial charge in [-0.15, -0.1) is 0 Å². The zero-order valence-electron chi connectivity index (χ0n) is 15.3. The predicted octanol–water partition coefficient (Wildman–Crippen LogP) is 3.58. The summed E-state index contributed by atoms with van der Waals surface area (Å²) in [7, 11) is 1.59. The van der Waals surface area contributed by atoms with Crippen molar-refractivity contribution in [2.45, 2.75) is 20.8 Å². The third kappa shape index (κ3) is 4.08. The fourth-order valence-corrected chi connectivity index (χ4v) is 2.81. The van der Waals surface area contributed by atoms with Gasteiger partial charge < -0.3 is 14.8 Å². The Bertz CT molecular complexity index is 950. The van der Waals surface area contributed by atoms with Crippen LogP contribution in [0.1, 0.15) is 17.0 Å². The molecule has 1 heterocycles. The van der Waals surface area contributed by atoms with Crippen LogP contribution in [0.25, 0.3) is 10.9 Å². The van der Waals surface area contributed by atoms with Gasteiger partial charge in [-0.1, -0.05) is 6.07 Å². The van der Waals surface area contributed by atoms with Crippen LogP contribution in [0.3, 0.4) is 0 Å². The molecule has 26 heavy (non-hydrogen) atoms. The van der Waals surface area contributed by atoms with Gasteiger partial charge in [0, 0.05) is 5.69 Å². The zero-order valence-corrected chi connectivity index (χ0v) is 15.3. The van der Waals surface area contributed by atoms with Crippen molar-refractivity contribution in [2.24, 2.45) is 0 Å². The lowest BCUT2D eigenvalue weighted by molar-refractivity contribution is -0.118. The number of benzene rings is 2. The lowest BCUT2D eigenvalue weighted by atomic mass is 10.1. The van der Waals surface area contributed by atoms with E-state index >= 15 is 0 Å². The molecule has 0 spiro atoms. The van der Waals surface area contributed by atoms with Crippen molar-refractivity contribution < 1.29 is 14.3 Å². The van der Waals surface area contributed by atoms with Crippen LogP contribution >= 0.6 is 0 Å². The number of carbonyl (C=O) groups excluding carboxylic acids is 1. The quantitative estimate of drug-likeness (QED) is 0.760. The van der Waals surface area contributed by atoms with Gasteiger partial charge in [0.15, 0.2) is 6.61 Å². The largest absolute Gasteiger partial charge is 0.497 e. The number of ether oxygens (including phenoxy) is 2. The Morgan fingerprint density at radius 3 is 2.46 bits per heavy atom. The average molecular weight is 351 g/mol. The van der Waals surface area contributed by atoms with Crippen LogP contribution in [-0.4, -0.2) is 29.6 Å². The maximum Gasteiger partial charge on any atom is 0.262 e. The highest BCUT2D eigenvalue weighted by Crippen LogP contribution is 2.26. The van der Waals surface area contributed by atoms with Gasteiger partial charge in [0.1, 0.15) is 11.6 Å². The van der Waals surface area contributed by atoms with E-state index in [4.69, 9.17) is 9.47 Å². The van der Waals surface area contributed by atoms with Crippen molar-refractivity contribution in [1.29, 1.82) is 0 Å². The molecule has 0 atom stereocenters. The van der Waals surface area contributed by atoms with Crippen molar-refractivity contribution >= 4 is 22.5 Å². The lowest BCUT2D eigenvalue weighted by Crippen LogP contribution is -2.20. The SMILES string of the molecule is COc1ccc2nc(C)nc(OCC(=O)Nc3cc(C)cc(C)c3)c2c1. The van der Waals surface area contributed by atoms with E-state index in [2.05, 4.69) is 21.4 Å². The first-order valence-corrected chi connectivity index (χ1v) is 8.28. The number of aryl methyl sites for hydroxylation is 3.